The van der Waals surface area contributed by atoms with Crippen molar-refractivity contribution in [2.45, 2.75) is 31.8 Å². The molecule has 1 fully saturated rings. The minimum absolute atomic E-state index is 0.105. The van der Waals surface area contributed by atoms with Crippen LogP contribution in [-0.2, 0) is 0 Å². The highest BCUT2D eigenvalue weighted by Crippen LogP contribution is 2.47. The molecule has 0 spiro atoms. The van der Waals surface area contributed by atoms with E-state index >= 15 is 0 Å². The highest BCUT2D eigenvalue weighted by atomic mass is 15.4. The van der Waals surface area contributed by atoms with Crippen molar-refractivity contribution in [2.75, 3.05) is 0 Å². The second-order valence-corrected chi connectivity index (χ2v) is 8.32. The molecule has 6 rings (SSSR count). The largest absolute Gasteiger partial charge is 0.342 e. The van der Waals surface area contributed by atoms with Gasteiger partial charge in [0.25, 0.3) is 0 Å². The van der Waals surface area contributed by atoms with Gasteiger partial charge in [0.1, 0.15) is 5.84 Å². The average molecular weight is 405 g/mol. The number of hydrogen-bond donors (Lipinski definition) is 0. The lowest BCUT2D eigenvalue weighted by Crippen LogP contribution is -2.40. The Morgan fingerprint density at radius 1 is 0.774 bits per heavy atom. The monoisotopic (exact) mass is 404 g/mol. The van der Waals surface area contributed by atoms with Crippen molar-refractivity contribution in [3.05, 3.63) is 113 Å². The van der Waals surface area contributed by atoms with Gasteiger partial charge in [0.15, 0.2) is 5.82 Å². The van der Waals surface area contributed by atoms with E-state index in [4.69, 9.17) is 10.1 Å². The fraction of sp³-hybridized carbons (Fsp3) is 0.185. The summed E-state index contributed by atoms with van der Waals surface area (Å²) in [5, 5.41) is 4.96. The van der Waals surface area contributed by atoms with Crippen molar-refractivity contribution >= 4 is 11.7 Å². The van der Waals surface area contributed by atoms with Crippen LogP contribution in [0.3, 0.4) is 0 Å². The van der Waals surface area contributed by atoms with Gasteiger partial charge >= 0.3 is 0 Å². The van der Waals surface area contributed by atoms with Crippen LogP contribution in [0.2, 0.25) is 0 Å². The first-order valence-electron chi connectivity index (χ1n) is 10.9. The number of aryl methyl sites for hydroxylation is 1. The molecule has 1 aliphatic heterocycles. The van der Waals surface area contributed by atoms with Gasteiger partial charge in [-0.15, -0.1) is 0 Å². The van der Waals surface area contributed by atoms with Gasteiger partial charge in [-0.05, 0) is 37.5 Å². The lowest BCUT2D eigenvalue weighted by molar-refractivity contribution is 0.341. The van der Waals surface area contributed by atoms with E-state index in [0.717, 1.165) is 28.6 Å². The quantitative estimate of drug-likeness (QED) is 0.429. The van der Waals surface area contributed by atoms with Crippen molar-refractivity contribution in [3.8, 4) is 5.69 Å². The predicted molar refractivity (Wildman–Crippen MR) is 124 cm³/mol. The van der Waals surface area contributed by atoms with Crippen LogP contribution < -0.4 is 0 Å². The first-order chi connectivity index (χ1) is 15.3. The minimum atomic E-state index is 0.105. The average Bonchev–Trinajstić information content (AvgIpc) is 3.63. The van der Waals surface area contributed by atoms with Crippen molar-refractivity contribution in [3.63, 3.8) is 0 Å². The molecule has 1 atom stereocenters. The molecule has 31 heavy (non-hydrogen) atoms. The number of aliphatic imine (C=N–C) groups is 1. The van der Waals surface area contributed by atoms with E-state index in [1.165, 1.54) is 24.0 Å². The third-order valence-corrected chi connectivity index (χ3v) is 6.18. The van der Waals surface area contributed by atoms with E-state index in [1.54, 1.807) is 0 Å². The van der Waals surface area contributed by atoms with E-state index in [-0.39, 0.29) is 6.04 Å². The second-order valence-electron chi connectivity index (χ2n) is 8.32. The van der Waals surface area contributed by atoms with Crippen LogP contribution in [0.1, 0.15) is 41.3 Å². The Hall–Kier alpha value is -3.66. The molecule has 4 aromatic rings. The van der Waals surface area contributed by atoms with Crippen molar-refractivity contribution in [1.29, 1.82) is 0 Å². The molecule has 0 radical (unpaired) electrons. The molecule has 0 saturated heterocycles. The maximum absolute atomic E-state index is 5.27. The van der Waals surface area contributed by atoms with Gasteiger partial charge in [0.2, 0.25) is 0 Å². The molecule has 152 valence electrons. The number of rotatable bonds is 4. The first-order valence-corrected chi connectivity index (χ1v) is 10.9. The Morgan fingerprint density at radius 3 is 2.03 bits per heavy atom. The van der Waals surface area contributed by atoms with Crippen LogP contribution in [-0.4, -0.2) is 26.6 Å². The van der Waals surface area contributed by atoms with Crippen molar-refractivity contribution in [1.82, 2.24) is 14.7 Å². The molecule has 0 bridgehead atoms. The summed E-state index contributed by atoms with van der Waals surface area (Å²) in [4.78, 5) is 7.81. The van der Waals surface area contributed by atoms with Crippen molar-refractivity contribution in [2.24, 2.45) is 4.99 Å². The van der Waals surface area contributed by atoms with Gasteiger partial charge in [-0.25, -0.2) is 9.67 Å². The molecule has 1 aliphatic carbocycles. The minimum Gasteiger partial charge on any atom is -0.342 e. The van der Waals surface area contributed by atoms with Crippen LogP contribution in [0.25, 0.3) is 5.69 Å². The maximum atomic E-state index is 5.27. The summed E-state index contributed by atoms with van der Waals surface area (Å²) in [7, 11) is 0. The predicted octanol–water partition coefficient (Wildman–Crippen LogP) is 5.83. The highest BCUT2D eigenvalue weighted by Gasteiger charge is 2.43. The third kappa shape index (κ3) is 3.07. The zero-order valence-electron chi connectivity index (χ0n) is 17.5. The Bertz CT molecular complexity index is 1240. The lowest BCUT2D eigenvalue weighted by Gasteiger charge is -2.38. The molecule has 1 saturated carbocycles. The zero-order chi connectivity index (χ0) is 20.8. The zero-order valence-corrected chi connectivity index (χ0v) is 17.5. The summed E-state index contributed by atoms with van der Waals surface area (Å²) in [5.41, 5.74) is 5.72. The van der Waals surface area contributed by atoms with E-state index < -0.39 is 0 Å². The van der Waals surface area contributed by atoms with E-state index in [9.17, 15) is 0 Å². The first kappa shape index (κ1) is 18.1. The summed E-state index contributed by atoms with van der Waals surface area (Å²) in [6.45, 7) is 2.11. The summed E-state index contributed by atoms with van der Waals surface area (Å²) < 4.78 is 2.01. The van der Waals surface area contributed by atoms with E-state index in [2.05, 4.69) is 96.8 Å². The van der Waals surface area contributed by atoms with Gasteiger partial charge < -0.3 is 4.90 Å². The topological polar surface area (TPSA) is 33.4 Å². The molecule has 2 heterocycles. The molecule has 0 amide bonds. The molecule has 3 aromatic carbocycles. The summed E-state index contributed by atoms with van der Waals surface area (Å²) in [6, 6.07) is 32.3. The van der Waals surface area contributed by atoms with Crippen LogP contribution in [0.5, 0.6) is 0 Å². The highest BCUT2D eigenvalue weighted by molar-refractivity contribution is 6.02. The number of hydrogen-bond acceptors (Lipinski definition) is 3. The van der Waals surface area contributed by atoms with E-state index in [0.29, 0.717) is 6.04 Å². The molecule has 0 N–H and O–H groups in total. The van der Waals surface area contributed by atoms with Crippen LogP contribution in [0.4, 0.5) is 5.82 Å². The number of amidine groups is 1. The van der Waals surface area contributed by atoms with E-state index in [1.807, 2.05) is 10.7 Å². The van der Waals surface area contributed by atoms with Gasteiger partial charge in [0.05, 0.1) is 17.4 Å². The number of aromatic nitrogens is 2. The van der Waals surface area contributed by atoms with Gasteiger partial charge in [-0.1, -0.05) is 78.9 Å². The van der Waals surface area contributed by atoms with Crippen LogP contribution in [0.15, 0.2) is 96.0 Å². The van der Waals surface area contributed by atoms with Gasteiger partial charge in [0, 0.05) is 17.2 Å². The third-order valence-electron chi connectivity index (χ3n) is 6.18. The number of fused-ring (bicyclic) bond motifs is 1. The number of benzene rings is 3. The smallest absolute Gasteiger partial charge is 0.163 e. The fourth-order valence-electron chi connectivity index (χ4n) is 4.62. The molecular weight excluding hydrogens is 380 g/mol. The van der Waals surface area contributed by atoms with Crippen LogP contribution in [0, 0.1) is 6.92 Å². The standard InChI is InChI=1S/C27H24N4/c1-19-24-25(20-11-5-2-6-12-20)30(22-17-18-22)26(21-13-7-3-8-14-21)28-27(24)31(29-19)23-15-9-4-10-16-23/h2-16,22,25H,17-18H2,1H3. The summed E-state index contributed by atoms with van der Waals surface area (Å²) in [6.07, 6.45) is 2.41. The Morgan fingerprint density at radius 2 is 1.39 bits per heavy atom. The van der Waals surface area contributed by atoms with Crippen molar-refractivity contribution < 1.29 is 0 Å². The van der Waals surface area contributed by atoms with Gasteiger partial charge in [-0.2, -0.15) is 5.10 Å². The van der Waals surface area contributed by atoms with Gasteiger partial charge in [-0.3, -0.25) is 0 Å². The number of para-hydroxylation sites is 1. The molecular formula is C27H24N4. The molecule has 1 aromatic heterocycles. The molecule has 4 nitrogen and oxygen atoms in total. The lowest BCUT2D eigenvalue weighted by atomic mass is 9.94. The maximum Gasteiger partial charge on any atom is 0.163 e. The fourth-order valence-corrected chi connectivity index (χ4v) is 4.62. The summed E-state index contributed by atoms with van der Waals surface area (Å²) >= 11 is 0. The number of nitrogens with zero attached hydrogens (tertiary/aromatic N) is 4. The Labute approximate surface area is 182 Å². The normalized spacial score (nSPS) is 17.9. The molecule has 1 unspecified atom stereocenters. The van der Waals surface area contributed by atoms with Crippen LogP contribution >= 0.6 is 0 Å². The SMILES string of the molecule is Cc1nn(-c2ccccc2)c2c1C(c1ccccc1)N(C1CC1)C(c1ccccc1)=N2. The Kier molecular flexibility index (Phi) is 4.23. The Balaban J connectivity index is 1.64. The summed E-state index contributed by atoms with van der Waals surface area (Å²) in [5.74, 6) is 1.98. The molecule has 4 heteroatoms. The molecule has 2 aliphatic rings. The second kappa shape index (κ2) is 7.24.